The van der Waals surface area contributed by atoms with Gasteiger partial charge < -0.3 is 14.8 Å². The summed E-state index contributed by atoms with van der Waals surface area (Å²) in [5.74, 6) is 2.52. The molecule has 1 aliphatic rings. The molecule has 0 fully saturated rings. The number of nitrogens with one attached hydrogen (secondary N) is 2. The van der Waals surface area contributed by atoms with Crippen LogP contribution in [0, 0.1) is 0 Å². The van der Waals surface area contributed by atoms with Crippen molar-refractivity contribution in [2.45, 2.75) is 19.4 Å². The molecule has 2 N–H and O–H groups in total. The summed E-state index contributed by atoms with van der Waals surface area (Å²) >= 11 is 3.49. The Kier molecular flexibility index (Phi) is 4.17. The summed E-state index contributed by atoms with van der Waals surface area (Å²) in [5.41, 5.74) is 1.17. The number of hydrogen-bond donors (Lipinski definition) is 2. The van der Waals surface area contributed by atoms with Crippen LogP contribution in [0.1, 0.15) is 17.8 Å². The molecule has 1 aliphatic heterocycles. The summed E-state index contributed by atoms with van der Waals surface area (Å²) < 4.78 is 11.7. The van der Waals surface area contributed by atoms with Gasteiger partial charge in [-0.15, -0.1) is 0 Å². The molecule has 0 aliphatic carbocycles. The zero-order valence-corrected chi connectivity index (χ0v) is 12.4. The van der Waals surface area contributed by atoms with Gasteiger partial charge in [-0.2, -0.15) is 5.10 Å². The lowest BCUT2D eigenvalue weighted by Crippen LogP contribution is -2.15. The van der Waals surface area contributed by atoms with E-state index in [9.17, 15) is 0 Å². The first-order chi connectivity index (χ1) is 9.83. The molecule has 2 aromatic rings. The van der Waals surface area contributed by atoms with Crippen molar-refractivity contribution in [2.24, 2.45) is 0 Å². The standard InChI is InChI=1S/C13H15BrN4O2/c14-10-4-9(5-11-13(10)20-8-19-11)6-15-3-1-2-12-16-7-17-18-12/h4-5,7,15H,1-3,6,8H2,(H,16,17,18). The fraction of sp³-hybridized carbons (Fsp3) is 0.385. The van der Waals surface area contributed by atoms with E-state index in [1.165, 1.54) is 11.9 Å². The molecule has 6 nitrogen and oxygen atoms in total. The van der Waals surface area contributed by atoms with Gasteiger partial charge in [-0.05, 0) is 46.6 Å². The molecule has 3 rings (SSSR count). The Labute approximate surface area is 125 Å². The molecule has 0 saturated heterocycles. The largest absolute Gasteiger partial charge is 0.454 e. The summed E-state index contributed by atoms with van der Waals surface area (Å²) in [4.78, 5) is 4.09. The highest BCUT2D eigenvalue weighted by atomic mass is 79.9. The average molecular weight is 339 g/mol. The smallest absolute Gasteiger partial charge is 0.231 e. The highest BCUT2D eigenvalue weighted by Crippen LogP contribution is 2.39. The molecular weight excluding hydrogens is 324 g/mol. The maximum Gasteiger partial charge on any atom is 0.231 e. The molecule has 2 heterocycles. The zero-order chi connectivity index (χ0) is 13.8. The van der Waals surface area contributed by atoms with Crippen LogP contribution in [0.25, 0.3) is 0 Å². The van der Waals surface area contributed by atoms with E-state index in [0.29, 0.717) is 6.79 Å². The average Bonchev–Trinajstić information content (AvgIpc) is 3.08. The van der Waals surface area contributed by atoms with Crippen LogP contribution in [0.4, 0.5) is 0 Å². The summed E-state index contributed by atoms with van der Waals surface area (Å²) in [5, 5.41) is 10.1. The molecule has 1 aromatic heterocycles. The summed E-state index contributed by atoms with van der Waals surface area (Å²) in [6, 6.07) is 4.06. The number of aromatic amines is 1. The number of fused-ring (bicyclic) bond motifs is 1. The van der Waals surface area contributed by atoms with E-state index in [2.05, 4.69) is 42.5 Å². The second-order valence-corrected chi connectivity index (χ2v) is 5.38. The van der Waals surface area contributed by atoms with Crippen LogP contribution in [-0.4, -0.2) is 28.5 Å². The van der Waals surface area contributed by atoms with Gasteiger partial charge in [-0.25, -0.2) is 4.98 Å². The quantitative estimate of drug-likeness (QED) is 0.788. The number of ether oxygens (including phenoxy) is 2. The number of nitrogens with zero attached hydrogens (tertiary/aromatic N) is 2. The lowest BCUT2D eigenvalue weighted by atomic mass is 10.2. The SMILES string of the molecule is Brc1cc(CNCCCc2ncn[nH]2)cc2c1OCO2. The highest BCUT2D eigenvalue weighted by Gasteiger charge is 2.17. The molecule has 0 spiro atoms. The lowest BCUT2D eigenvalue weighted by molar-refractivity contribution is 0.173. The number of halogens is 1. The molecule has 0 radical (unpaired) electrons. The molecule has 0 amide bonds. The third-order valence-corrected chi connectivity index (χ3v) is 3.64. The number of aryl methyl sites for hydroxylation is 1. The third-order valence-electron chi connectivity index (χ3n) is 3.05. The Morgan fingerprint density at radius 2 is 2.30 bits per heavy atom. The van der Waals surface area contributed by atoms with Crippen LogP contribution in [0.5, 0.6) is 11.5 Å². The third kappa shape index (κ3) is 3.10. The van der Waals surface area contributed by atoms with Crippen LogP contribution in [-0.2, 0) is 13.0 Å². The van der Waals surface area contributed by atoms with Crippen LogP contribution in [0.2, 0.25) is 0 Å². The molecular formula is C13H15BrN4O2. The summed E-state index contributed by atoms with van der Waals surface area (Å²) in [6.07, 6.45) is 3.45. The molecule has 0 unspecified atom stereocenters. The van der Waals surface area contributed by atoms with Gasteiger partial charge in [0.15, 0.2) is 11.5 Å². The predicted molar refractivity (Wildman–Crippen MR) is 76.7 cm³/mol. The van der Waals surface area contributed by atoms with E-state index in [1.54, 1.807) is 0 Å². The second kappa shape index (κ2) is 6.23. The fourth-order valence-electron chi connectivity index (χ4n) is 2.09. The number of benzene rings is 1. The van der Waals surface area contributed by atoms with Crippen molar-refractivity contribution in [3.05, 3.63) is 34.3 Å². The van der Waals surface area contributed by atoms with Crippen molar-refractivity contribution < 1.29 is 9.47 Å². The molecule has 20 heavy (non-hydrogen) atoms. The number of H-pyrrole nitrogens is 1. The normalized spacial score (nSPS) is 12.8. The van der Waals surface area contributed by atoms with Gasteiger partial charge in [0, 0.05) is 13.0 Å². The van der Waals surface area contributed by atoms with Gasteiger partial charge in [-0.1, -0.05) is 0 Å². The fourth-order valence-corrected chi connectivity index (χ4v) is 2.69. The first kappa shape index (κ1) is 13.4. The van der Waals surface area contributed by atoms with Crippen molar-refractivity contribution in [3.63, 3.8) is 0 Å². The van der Waals surface area contributed by atoms with Gasteiger partial charge in [0.25, 0.3) is 0 Å². The van der Waals surface area contributed by atoms with Crippen molar-refractivity contribution in [3.8, 4) is 11.5 Å². The van der Waals surface area contributed by atoms with Crippen LogP contribution >= 0.6 is 15.9 Å². The van der Waals surface area contributed by atoms with E-state index in [0.717, 1.165) is 47.7 Å². The molecule has 0 atom stereocenters. The van der Waals surface area contributed by atoms with Gasteiger partial charge in [0.2, 0.25) is 6.79 Å². The monoisotopic (exact) mass is 338 g/mol. The van der Waals surface area contributed by atoms with Crippen LogP contribution in [0.15, 0.2) is 22.9 Å². The summed E-state index contributed by atoms with van der Waals surface area (Å²) in [7, 11) is 0. The minimum atomic E-state index is 0.294. The molecule has 7 heteroatoms. The van der Waals surface area contributed by atoms with E-state index in [-0.39, 0.29) is 0 Å². The number of hydrogen-bond acceptors (Lipinski definition) is 5. The topological polar surface area (TPSA) is 72.1 Å². The predicted octanol–water partition coefficient (Wildman–Crippen LogP) is 2.02. The molecule has 1 aromatic carbocycles. The maximum absolute atomic E-state index is 5.40. The Bertz CT molecular complexity index is 574. The van der Waals surface area contributed by atoms with Gasteiger partial charge in [0.05, 0.1) is 4.47 Å². The van der Waals surface area contributed by atoms with Gasteiger partial charge in [0.1, 0.15) is 12.2 Å². The van der Waals surface area contributed by atoms with Gasteiger partial charge >= 0.3 is 0 Å². The van der Waals surface area contributed by atoms with Crippen molar-refractivity contribution in [2.75, 3.05) is 13.3 Å². The maximum atomic E-state index is 5.40. The van der Waals surface area contributed by atoms with Crippen LogP contribution in [0.3, 0.4) is 0 Å². The Morgan fingerprint density at radius 3 is 3.15 bits per heavy atom. The van der Waals surface area contributed by atoms with E-state index in [4.69, 9.17) is 9.47 Å². The highest BCUT2D eigenvalue weighted by molar-refractivity contribution is 9.10. The molecule has 0 bridgehead atoms. The molecule has 0 saturated carbocycles. The van der Waals surface area contributed by atoms with E-state index in [1.807, 2.05) is 6.07 Å². The van der Waals surface area contributed by atoms with Gasteiger partial charge in [-0.3, -0.25) is 5.10 Å². The van der Waals surface area contributed by atoms with E-state index < -0.39 is 0 Å². The summed E-state index contributed by atoms with van der Waals surface area (Å²) in [6.45, 7) is 2.01. The zero-order valence-electron chi connectivity index (χ0n) is 10.9. The Hall–Kier alpha value is -1.60. The second-order valence-electron chi connectivity index (χ2n) is 4.52. The van der Waals surface area contributed by atoms with Crippen LogP contribution < -0.4 is 14.8 Å². The first-order valence-corrected chi connectivity index (χ1v) is 7.25. The van der Waals surface area contributed by atoms with Crippen molar-refractivity contribution in [1.29, 1.82) is 0 Å². The lowest BCUT2D eigenvalue weighted by Gasteiger charge is -2.07. The van der Waals surface area contributed by atoms with Crippen molar-refractivity contribution >= 4 is 15.9 Å². The van der Waals surface area contributed by atoms with Crippen molar-refractivity contribution in [1.82, 2.24) is 20.5 Å². The minimum Gasteiger partial charge on any atom is -0.454 e. The molecule has 106 valence electrons. The minimum absolute atomic E-state index is 0.294. The number of rotatable bonds is 6. The first-order valence-electron chi connectivity index (χ1n) is 6.46. The van der Waals surface area contributed by atoms with E-state index >= 15 is 0 Å². The Morgan fingerprint density at radius 1 is 1.35 bits per heavy atom. The number of aromatic nitrogens is 3. The Balaban J connectivity index is 1.46.